The lowest BCUT2D eigenvalue weighted by Crippen LogP contribution is -2.55. The molecule has 1 unspecified atom stereocenters. The molecule has 3 nitrogen and oxygen atoms in total. The Hall–Kier alpha value is -0.410. The molecule has 4 aliphatic rings. The van der Waals surface area contributed by atoms with E-state index in [0.29, 0.717) is 11.3 Å². The molecule has 0 saturated heterocycles. The minimum atomic E-state index is -0.212. The molecule has 4 saturated carbocycles. The van der Waals surface area contributed by atoms with E-state index < -0.39 is 0 Å². The molecule has 0 amide bonds. The molecule has 0 heterocycles. The Bertz CT molecular complexity index is 583. The number of hydrogen-bond donors (Lipinski definition) is 2. The van der Waals surface area contributed by atoms with Gasteiger partial charge in [0, 0.05) is 12.3 Å². The first-order valence-electron chi connectivity index (χ1n) is 11.6. The van der Waals surface area contributed by atoms with Crippen LogP contribution < -0.4 is 0 Å². The molecule has 9 atom stereocenters. The van der Waals surface area contributed by atoms with Gasteiger partial charge in [0.25, 0.3) is 0 Å². The van der Waals surface area contributed by atoms with Crippen molar-refractivity contribution in [3.8, 4) is 0 Å². The minimum absolute atomic E-state index is 0.0599. The number of aliphatic imine (C=N–C) groups is 1. The summed E-state index contributed by atoms with van der Waals surface area (Å²) in [6.45, 7) is 9.73. The van der Waals surface area contributed by atoms with E-state index in [1.165, 1.54) is 50.7 Å². The Labute approximate surface area is 166 Å². The maximum atomic E-state index is 10.6. The molecule has 0 aromatic carbocycles. The number of rotatable bonds is 3. The maximum Gasteiger partial charge on any atom is 0.0546 e. The van der Waals surface area contributed by atoms with Gasteiger partial charge in [0.1, 0.15) is 0 Å². The van der Waals surface area contributed by atoms with Gasteiger partial charge in [-0.1, -0.05) is 6.92 Å². The second-order valence-corrected chi connectivity index (χ2v) is 11.0. The third kappa shape index (κ3) is 3.12. The lowest BCUT2D eigenvalue weighted by atomic mass is 9.44. The van der Waals surface area contributed by atoms with Crippen LogP contribution in [0.1, 0.15) is 85.5 Å². The summed E-state index contributed by atoms with van der Waals surface area (Å²) in [4.78, 5) is 4.93. The molecule has 154 valence electrons. The maximum absolute atomic E-state index is 10.6. The summed E-state index contributed by atoms with van der Waals surface area (Å²) in [5.74, 6) is 3.52. The van der Waals surface area contributed by atoms with E-state index in [2.05, 4.69) is 20.8 Å². The number of aliphatic hydroxyl groups is 2. The summed E-state index contributed by atoms with van der Waals surface area (Å²) >= 11 is 0. The smallest absolute Gasteiger partial charge is 0.0546 e. The van der Waals surface area contributed by atoms with Crippen molar-refractivity contribution >= 4 is 5.71 Å². The van der Waals surface area contributed by atoms with Gasteiger partial charge < -0.3 is 10.2 Å². The highest BCUT2D eigenvalue weighted by molar-refractivity contribution is 5.79. The van der Waals surface area contributed by atoms with Crippen LogP contribution >= 0.6 is 0 Å². The van der Waals surface area contributed by atoms with Gasteiger partial charge in [0.05, 0.1) is 12.2 Å². The van der Waals surface area contributed by atoms with Crippen LogP contribution in [0.2, 0.25) is 0 Å². The van der Waals surface area contributed by atoms with E-state index in [1.54, 1.807) is 0 Å². The molecule has 3 heteroatoms. The predicted molar refractivity (Wildman–Crippen MR) is 111 cm³/mol. The SMILES string of the molecule is CC(C)=NC[C@]12CC[C@H]3[C@@H](CC[C@H]4C[C@@H](O)CC[C@@]43C)[C@@H]1CC[C@@H]2C(C)O. The molecule has 4 aliphatic carbocycles. The van der Waals surface area contributed by atoms with Gasteiger partial charge in [-0.2, -0.15) is 0 Å². The Morgan fingerprint density at radius 2 is 1.81 bits per heavy atom. The normalized spacial score (nSPS) is 50.3. The van der Waals surface area contributed by atoms with E-state index >= 15 is 0 Å². The first-order chi connectivity index (χ1) is 12.8. The number of fused-ring (bicyclic) bond motifs is 5. The molecule has 4 fully saturated rings. The monoisotopic (exact) mass is 375 g/mol. The molecule has 0 bridgehead atoms. The van der Waals surface area contributed by atoms with Crippen molar-refractivity contribution in [3.63, 3.8) is 0 Å². The molecular formula is C24H41NO2. The fourth-order valence-electron chi connectivity index (χ4n) is 8.43. The van der Waals surface area contributed by atoms with Crippen LogP contribution in [0.25, 0.3) is 0 Å². The zero-order chi connectivity index (χ0) is 19.4. The second-order valence-electron chi connectivity index (χ2n) is 11.0. The van der Waals surface area contributed by atoms with Crippen molar-refractivity contribution in [2.75, 3.05) is 6.54 Å². The van der Waals surface area contributed by atoms with Gasteiger partial charge in [-0.15, -0.1) is 0 Å². The van der Waals surface area contributed by atoms with Crippen LogP contribution in [0.3, 0.4) is 0 Å². The molecule has 27 heavy (non-hydrogen) atoms. The van der Waals surface area contributed by atoms with E-state index in [4.69, 9.17) is 4.99 Å². The third-order valence-corrected chi connectivity index (χ3v) is 9.69. The molecule has 4 rings (SSSR count). The van der Waals surface area contributed by atoms with Crippen LogP contribution in [0.15, 0.2) is 4.99 Å². The standard InChI is InChI=1S/C24H41NO2/c1-15(2)25-14-24-12-10-21-19(22(24)8-7-20(24)16(3)26)6-5-17-13-18(27)9-11-23(17,21)4/h16-22,26-27H,5-14H2,1-4H3/t16?,17-,18-,19+,20+,21-,22-,23-,24-/m0/s1. The lowest BCUT2D eigenvalue weighted by molar-refractivity contribution is -0.134. The summed E-state index contributed by atoms with van der Waals surface area (Å²) in [6.07, 6.45) is 10.6. The summed E-state index contributed by atoms with van der Waals surface area (Å²) in [7, 11) is 0. The van der Waals surface area contributed by atoms with E-state index in [1.807, 2.05) is 6.92 Å². The molecule has 0 aliphatic heterocycles. The third-order valence-electron chi connectivity index (χ3n) is 9.69. The average Bonchev–Trinajstić information content (AvgIpc) is 3.00. The topological polar surface area (TPSA) is 52.8 Å². The highest BCUT2D eigenvalue weighted by atomic mass is 16.3. The molecule has 2 N–H and O–H groups in total. The van der Waals surface area contributed by atoms with Crippen LogP contribution in [-0.4, -0.2) is 34.7 Å². The van der Waals surface area contributed by atoms with Crippen molar-refractivity contribution in [1.29, 1.82) is 0 Å². The fourth-order valence-corrected chi connectivity index (χ4v) is 8.43. The van der Waals surface area contributed by atoms with E-state index in [9.17, 15) is 10.2 Å². The lowest BCUT2D eigenvalue weighted by Gasteiger charge is -2.61. The first kappa shape index (κ1) is 19.9. The molecule has 0 radical (unpaired) electrons. The summed E-state index contributed by atoms with van der Waals surface area (Å²) in [5.41, 5.74) is 1.84. The largest absolute Gasteiger partial charge is 0.393 e. The Kier molecular flexibility index (Phi) is 5.25. The van der Waals surface area contributed by atoms with E-state index in [-0.39, 0.29) is 17.6 Å². The second kappa shape index (κ2) is 7.13. The van der Waals surface area contributed by atoms with E-state index in [0.717, 1.165) is 43.1 Å². The van der Waals surface area contributed by atoms with Gasteiger partial charge in [0.2, 0.25) is 0 Å². The fraction of sp³-hybridized carbons (Fsp3) is 0.958. The molecule has 0 aromatic rings. The number of nitrogens with zero attached hydrogens (tertiary/aromatic N) is 1. The zero-order valence-corrected chi connectivity index (χ0v) is 18.0. The quantitative estimate of drug-likeness (QED) is 0.693. The van der Waals surface area contributed by atoms with Crippen LogP contribution in [0.4, 0.5) is 0 Å². The van der Waals surface area contributed by atoms with Crippen molar-refractivity contribution in [3.05, 3.63) is 0 Å². The zero-order valence-electron chi connectivity index (χ0n) is 18.0. The first-order valence-corrected chi connectivity index (χ1v) is 11.6. The van der Waals surface area contributed by atoms with Crippen molar-refractivity contribution in [2.45, 2.75) is 97.7 Å². The van der Waals surface area contributed by atoms with Crippen molar-refractivity contribution in [1.82, 2.24) is 0 Å². The van der Waals surface area contributed by atoms with Gasteiger partial charge in [-0.3, -0.25) is 4.99 Å². The molecular weight excluding hydrogens is 334 g/mol. The summed E-state index contributed by atoms with van der Waals surface area (Å²) in [5, 5.41) is 20.8. The Balaban J connectivity index is 1.64. The van der Waals surface area contributed by atoms with Crippen LogP contribution in [-0.2, 0) is 0 Å². The molecule has 0 aromatic heterocycles. The highest BCUT2D eigenvalue weighted by Crippen LogP contribution is 2.68. The van der Waals surface area contributed by atoms with Gasteiger partial charge >= 0.3 is 0 Å². The summed E-state index contributed by atoms with van der Waals surface area (Å²) < 4.78 is 0. The number of hydrogen-bond acceptors (Lipinski definition) is 3. The van der Waals surface area contributed by atoms with Crippen molar-refractivity contribution < 1.29 is 10.2 Å². The predicted octanol–water partition coefficient (Wildman–Crippen LogP) is 4.85. The highest BCUT2D eigenvalue weighted by Gasteiger charge is 2.62. The summed E-state index contributed by atoms with van der Waals surface area (Å²) in [6, 6.07) is 0. The number of aliphatic hydroxyl groups excluding tert-OH is 2. The van der Waals surface area contributed by atoms with Crippen molar-refractivity contribution in [2.24, 2.45) is 45.4 Å². The van der Waals surface area contributed by atoms with Crippen LogP contribution in [0, 0.1) is 40.4 Å². The Morgan fingerprint density at radius 1 is 1.04 bits per heavy atom. The van der Waals surface area contributed by atoms with Gasteiger partial charge in [-0.25, -0.2) is 0 Å². The molecule has 0 spiro atoms. The average molecular weight is 376 g/mol. The van der Waals surface area contributed by atoms with Crippen LogP contribution in [0.5, 0.6) is 0 Å². The van der Waals surface area contributed by atoms with Gasteiger partial charge in [0.15, 0.2) is 0 Å². The Morgan fingerprint density at radius 3 is 2.52 bits per heavy atom. The minimum Gasteiger partial charge on any atom is -0.393 e. The van der Waals surface area contributed by atoms with Gasteiger partial charge in [-0.05, 0) is 119 Å².